The summed E-state index contributed by atoms with van der Waals surface area (Å²) in [6.45, 7) is 2.45. The molecule has 1 fully saturated rings. The number of anilines is 2. The number of carbonyl (C=O) groups excluding carboxylic acids is 1. The summed E-state index contributed by atoms with van der Waals surface area (Å²) in [5, 5.41) is 7.16. The number of hydrazine groups is 1. The number of amides is 1. The van der Waals surface area contributed by atoms with Gasteiger partial charge in [0.05, 0.1) is 18.2 Å². The maximum atomic E-state index is 12.7. The van der Waals surface area contributed by atoms with Crippen LogP contribution < -0.4 is 15.1 Å². The van der Waals surface area contributed by atoms with Crippen LogP contribution >= 0.6 is 12.2 Å². The minimum absolute atomic E-state index is 0.0342. The first-order valence-electron chi connectivity index (χ1n) is 9.42. The van der Waals surface area contributed by atoms with Crippen LogP contribution in [-0.4, -0.2) is 22.6 Å². The zero-order chi connectivity index (χ0) is 20.2. The molecule has 1 unspecified atom stereocenters. The molecule has 0 saturated carbocycles. The average Bonchev–Trinajstić information content (AvgIpc) is 3.05. The molecule has 1 aliphatic heterocycles. The van der Waals surface area contributed by atoms with Gasteiger partial charge in [0.15, 0.2) is 5.11 Å². The van der Waals surface area contributed by atoms with Gasteiger partial charge < -0.3 is 10.1 Å². The van der Waals surface area contributed by atoms with Crippen molar-refractivity contribution >= 4 is 34.6 Å². The topological polar surface area (TPSA) is 44.8 Å². The number of hydrogen-bond acceptors (Lipinski definition) is 3. The summed E-state index contributed by atoms with van der Waals surface area (Å²) >= 11 is 5.61. The van der Waals surface area contributed by atoms with Crippen LogP contribution in [-0.2, 0) is 4.79 Å². The summed E-state index contributed by atoms with van der Waals surface area (Å²) in [7, 11) is 0. The highest BCUT2D eigenvalue weighted by atomic mass is 32.1. The van der Waals surface area contributed by atoms with Crippen molar-refractivity contribution in [1.29, 1.82) is 0 Å². The molecule has 0 radical (unpaired) electrons. The highest BCUT2D eigenvalue weighted by molar-refractivity contribution is 7.80. The van der Waals surface area contributed by atoms with Gasteiger partial charge in [-0.2, -0.15) is 0 Å². The molecule has 0 bridgehead atoms. The van der Waals surface area contributed by atoms with E-state index in [1.165, 1.54) is 0 Å². The molecule has 29 heavy (non-hydrogen) atoms. The molecule has 3 aromatic carbocycles. The third-order valence-corrected chi connectivity index (χ3v) is 4.95. The van der Waals surface area contributed by atoms with Crippen molar-refractivity contribution in [3.8, 4) is 11.5 Å². The van der Waals surface area contributed by atoms with Crippen molar-refractivity contribution in [1.82, 2.24) is 5.01 Å². The molecule has 1 atom stereocenters. The Balaban J connectivity index is 1.46. The summed E-state index contributed by atoms with van der Waals surface area (Å²) in [5.74, 6) is 1.43. The predicted octanol–water partition coefficient (Wildman–Crippen LogP) is 5.08. The number of rotatable bonds is 4. The van der Waals surface area contributed by atoms with E-state index in [1.54, 1.807) is 5.01 Å². The molecule has 1 amide bonds. The van der Waals surface area contributed by atoms with Gasteiger partial charge in [0.25, 0.3) is 5.91 Å². The monoisotopic (exact) mass is 403 g/mol. The summed E-state index contributed by atoms with van der Waals surface area (Å²) in [5.41, 5.74) is 1.63. The fourth-order valence-electron chi connectivity index (χ4n) is 3.18. The predicted molar refractivity (Wildman–Crippen MR) is 119 cm³/mol. The van der Waals surface area contributed by atoms with E-state index in [1.807, 2.05) is 96.9 Å². The quantitative estimate of drug-likeness (QED) is 0.616. The van der Waals surface area contributed by atoms with E-state index in [9.17, 15) is 4.79 Å². The Morgan fingerprint density at radius 3 is 2.17 bits per heavy atom. The molecule has 1 aliphatic rings. The van der Waals surface area contributed by atoms with Gasteiger partial charge in [-0.1, -0.05) is 43.3 Å². The standard InChI is InChI=1S/C23H21N3O2S/c1-17-16-25(26(22(17)27)19-8-4-2-5-9-19)23(29)24-18-12-14-21(15-13-18)28-20-10-6-3-7-11-20/h2-15,17H,16H2,1H3,(H,24,29). The Morgan fingerprint density at radius 1 is 0.931 bits per heavy atom. The molecule has 0 aromatic heterocycles. The van der Waals surface area contributed by atoms with Gasteiger partial charge in [-0.25, -0.2) is 5.01 Å². The maximum absolute atomic E-state index is 12.7. The van der Waals surface area contributed by atoms with Crippen LogP contribution in [0.1, 0.15) is 6.92 Å². The van der Waals surface area contributed by atoms with Crippen LogP contribution in [0.2, 0.25) is 0 Å². The van der Waals surface area contributed by atoms with Crippen LogP contribution in [0.5, 0.6) is 11.5 Å². The van der Waals surface area contributed by atoms with Crippen LogP contribution in [0.4, 0.5) is 11.4 Å². The lowest BCUT2D eigenvalue weighted by molar-refractivity contribution is -0.120. The normalized spacial score (nSPS) is 16.0. The lowest BCUT2D eigenvalue weighted by Crippen LogP contribution is -2.45. The van der Waals surface area contributed by atoms with Gasteiger partial charge in [-0.05, 0) is 60.7 Å². The third kappa shape index (κ3) is 4.22. The smallest absolute Gasteiger partial charge is 0.250 e. The number of nitrogens with one attached hydrogen (secondary N) is 1. The summed E-state index contributed by atoms with van der Waals surface area (Å²) < 4.78 is 5.82. The number of para-hydroxylation sites is 2. The molecule has 5 nitrogen and oxygen atoms in total. The third-order valence-electron chi connectivity index (χ3n) is 4.64. The van der Waals surface area contributed by atoms with Gasteiger partial charge >= 0.3 is 0 Å². The number of ether oxygens (including phenoxy) is 1. The van der Waals surface area contributed by atoms with Gasteiger partial charge in [-0.15, -0.1) is 0 Å². The van der Waals surface area contributed by atoms with E-state index < -0.39 is 0 Å². The van der Waals surface area contributed by atoms with E-state index in [4.69, 9.17) is 17.0 Å². The van der Waals surface area contributed by atoms with Crippen molar-refractivity contribution in [2.75, 3.05) is 16.9 Å². The Kier molecular flexibility index (Phi) is 5.44. The van der Waals surface area contributed by atoms with Crippen LogP contribution in [0.25, 0.3) is 0 Å². The van der Waals surface area contributed by atoms with Crippen molar-refractivity contribution < 1.29 is 9.53 Å². The lowest BCUT2D eigenvalue weighted by Gasteiger charge is -2.30. The van der Waals surface area contributed by atoms with Gasteiger partial charge in [0.2, 0.25) is 0 Å². The summed E-state index contributed by atoms with van der Waals surface area (Å²) in [6, 6.07) is 26.7. The van der Waals surface area contributed by atoms with E-state index in [-0.39, 0.29) is 11.8 Å². The van der Waals surface area contributed by atoms with Gasteiger partial charge in [-0.3, -0.25) is 9.80 Å². The second-order valence-electron chi connectivity index (χ2n) is 6.84. The molecule has 6 heteroatoms. The SMILES string of the molecule is CC1CN(C(=S)Nc2ccc(Oc3ccccc3)cc2)N(c2ccccc2)C1=O. The van der Waals surface area contributed by atoms with E-state index >= 15 is 0 Å². The number of benzene rings is 3. The highest BCUT2D eigenvalue weighted by Crippen LogP contribution is 2.27. The molecule has 3 aromatic rings. The van der Waals surface area contributed by atoms with E-state index in [2.05, 4.69) is 5.32 Å². The molecule has 4 rings (SSSR count). The Labute approximate surface area is 175 Å². The van der Waals surface area contributed by atoms with Crippen molar-refractivity contribution in [2.24, 2.45) is 5.92 Å². The Hall–Kier alpha value is -3.38. The molecular formula is C23H21N3O2S. The number of carbonyl (C=O) groups is 1. The summed E-state index contributed by atoms with van der Waals surface area (Å²) in [6.07, 6.45) is 0. The second-order valence-corrected chi connectivity index (χ2v) is 7.23. The molecule has 146 valence electrons. The average molecular weight is 404 g/mol. The first-order valence-corrected chi connectivity index (χ1v) is 9.83. The first-order chi connectivity index (χ1) is 14.1. The lowest BCUT2D eigenvalue weighted by atomic mass is 10.2. The molecule has 1 saturated heterocycles. The minimum atomic E-state index is -0.128. The highest BCUT2D eigenvalue weighted by Gasteiger charge is 2.37. The van der Waals surface area contributed by atoms with Gasteiger partial charge in [0, 0.05) is 5.69 Å². The molecule has 1 heterocycles. The fraction of sp³-hybridized carbons (Fsp3) is 0.130. The second kappa shape index (κ2) is 8.32. The minimum Gasteiger partial charge on any atom is -0.457 e. The van der Waals surface area contributed by atoms with Crippen molar-refractivity contribution in [2.45, 2.75) is 6.92 Å². The fourth-order valence-corrected chi connectivity index (χ4v) is 3.45. The summed E-state index contributed by atoms with van der Waals surface area (Å²) in [4.78, 5) is 12.7. The van der Waals surface area contributed by atoms with E-state index in [0.29, 0.717) is 11.7 Å². The van der Waals surface area contributed by atoms with Crippen LogP contribution in [0, 0.1) is 5.92 Å². The first kappa shape index (κ1) is 19.0. The van der Waals surface area contributed by atoms with Crippen LogP contribution in [0.3, 0.4) is 0 Å². The number of hydrogen-bond donors (Lipinski definition) is 1. The molecular weight excluding hydrogens is 382 g/mol. The Morgan fingerprint density at radius 2 is 1.52 bits per heavy atom. The van der Waals surface area contributed by atoms with Crippen molar-refractivity contribution in [3.63, 3.8) is 0 Å². The maximum Gasteiger partial charge on any atom is 0.250 e. The Bertz CT molecular complexity index is 994. The molecule has 1 N–H and O–H groups in total. The number of thiocarbonyl (C=S) groups is 1. The number of nitrogens with zero attached hydrogens (tertiary/aromatic N) is 2. The molecule has 0 aliphatic carbocycles. The van der Waals surface area contributed by atoms with Crippen LogP contribution in [0.15, 0.2) is 84.9 Å². The largest absolute Gasteiger partial charge is 0.457 e. The van der Waals surface area contributed by atoms with E-state index in [0.717, 1.165) is 22.9 Å². The zero-order valence-electron chi connectivity index (χ0n) is 16.0. The van der Waals surface area contributed by atoms with Gasteiger partial charge in [0.1, 0.15) is 11.5 Å². The zero-order valence-corrected chi connectivity index (χ0v) is 16.8. The molecule has 0 spiro atoms. The van der Waals surface area contributed by atoms with Crippen molar-refractivity contribution in [3.05, 3.63) is 84.9 Å².